The topological polar surface area (TPSA) is 49.4 Å². The maximum atomic E-state index is 13.0. The number of halogens is 1. The number of rotatable bonds is 2. The molecule has 0 amide bonds. The summed E-state index contributed by atoms with van der Waals surface area (Å²) in [7, 11) is -3.66. The highest BCUT2D eigenvalue weighted by Crippen LogP contribution is 2.37. The van der Waals surface area contributed by atoms with E-state index < -0.39 is 10.0 Å². The van der Waals surface area contributed by atoms with Gasteiger partial charge in [-0.3, -0.25) is 4.31 Å². The van der Waals surface area contributed by atoms with E-state index in [4.69, 9.17) is 11.6 Å². The monoisotopic (exact) mass is 336 g/mol. The van der Waals surface area contributed by atoms with Crippen LogP contribution in [0.3, 0.4) is 0 Å². The molecule has 6 heteroatoms. The van der Waals surface area contributed by atoms with Crippen molar-refractivity contribution in [3.8, 4) is 0 Å². The van der Waals surface area contributed by atoms with Gasteiger partial charge in [0, 0.05) is 5.02 Å². The van der Waals surface area contributed by atoms with E-state index >= 15 is 0 Å². The van der Waals surface area contributed by atoms with Crippen molar-refractivity contribution >= 4 is 33.0 Å². The van der Waals surface area contributed by atoms with Crippen LogP contribution in [0.25, 0.3) is 0 Å². The van der Waals surface area contributed by atoms with E-state index in [1.807, 2.05) is 32.0 Å². The molecule has 0 atom stereocenters. The van der Waals surface area contributed by atoms with Crippen molar-refractivity contribution in [2.75, 3.05) is 16.2 Å². The van der Waals surface area contributed by atoms with E-state index in [1.165, 1.54) is 10.4 Å². The Labute approximate surface area is 135 Å². The first-order valence-corrected chi connectivity index (χ1v) is 8.77. The summed E-state index contributed by atoms with van der Waals surface area (Å²) in [6.07, 6.45) is 0. The van der Waals surface area contributed by atoms with Crippen molar-refractivity contribution in [1.82, 2.24) is 0 Å². The van der Waals surface area contributed by atoms with Gasteiger partial charge in [0.1, 0.15) is 0 Å². The number of hydrogen-bond acceptors (Lipinski definition) is 3. The predicted octanol–water partition coefficient (Wildman–Crippen LogP) is 3.74. The number of anilines is 2. The third-order valence-corrected chi connectivity index (χ3v) is 5.56. The van der Waals surface area contributed by atoms with Crippen LogP contribution in [-0.4, -0.2) is 20.5 Å². The molecule has 0 bridgehead atoms. The summed E-state index contributed by atoms with van der Waals surface area (Å²) in [6.45, 7) is 4.30. The Morgan fingerprint density at radius 3 is 2.59 bits per heavy atom. The average molecular weight is 337 g/mol. The second kappa shape index (κ2) is 5.18. The van der Waals surface area contributed by atoms with Gasteiger partial charge in [-0.15, -0.1) is 0 Å². The van der Waals surface area contributed by atoms with Crippen molar-refractivity contribution in [3.05, 3.63) is 53.6 Å². The lowest BCUT2D eigenvalue weighted by Crippen LogP contribution is -2.50. The molecule has 0 saturated heterocycles. The molecule has 22 heavy (non-hydrogen) atoms. The van der Waals surface area contributed by atoms with Gasteiger partial charge >= 0.3 is 0 Å². The second-order valence-electron chi connectivity index (χ2n) is 6.00. The molecule has 2 aromatic carbocycles. The number of sulfonamides is 1. The zero-order valence-corrected chi connectivity index (χ0v) is 13.9. The van der Waals surface area contributed by atoms with E-state index in [1.54, 1.807) is 24.3 Å². The number of hydrogen-bond donors (Lipinski definition) is 1. The molecule has 0 saturated carbocycles. The molecule has 0 spiro atoms. The van der Waals surface area contributed by atoms with Crippen molar-refractivity contribution in [2.45, 2.75) is 24.3 Å². The normalized spacial score (nSPS) is 16.8. The van der Waals surface area contributed by atoms with E-state index in [-0.39, 0.29) is 10.4 Å². The Kier molecular flexibility index (Phi) is 3.57. The largest absolute Gasteiger partial charge is 0.377 e. The fourth-order valence-electron chi connectivity index (χ4n) is 2.61. The third-order valence-electron chi connectivity index (χ3n) is 3.57. The van der Waals surface area contributed by atoms with Gasteiger partial charge in [0.2, 0.25) is 0 Å². The minimum atomic E-state index is -3.66. The van der Waals surface area contributed by atoms with Crippen LogP contribution in [-0.2, 0) is 10.0 Å². The number of nitrogens with one attached hydrogen (secondary N) is 1. The Bertz CT molecular complexity index is 818. The molecule has 0 unspecified atom stereocenters. The van der Waals surface area contributed by atoms with Gasteiger partial charge in [-0.1, -0.05) is 29.8 Å². The minimum absolute atomic E-state index is 0.201. The van der Waals surface area contributed by atoms with E-state index in [2.05, 4.69) is 5.32 Å². The van der Waals surface area contributed by atoms with Crippen LogP contribution in [0.15, 0.2) is 53.4 Å². The molecule has 4 nitrogen and oxygen atoms in total. The summed E-state index contributed by atoms with van der Waals surface area (Å²) in [5, 5.41) is 3.78. The van der Waals surface area contributed by atoms with Crippen LogP contribution < -0.4 is 9.62 Å². The molecule has 116 valence electrons. The predicted molar refractivity (Wildman–Crippen MR) is 90.1 cm³/mol. The minimum Gasteiger partial charge on any atom is -0.377 e. The average Bonchev–Trinajstić information content (AvgIpc) is 2.45. The lowest BCUT2D eigenvalue weighted by Gasteiger charge is -2.41. The molecule has 1 aliphatic rings. The van der Waals surface area contributed by atoms with E-state index in [9.17, 15) is 8.42 Å². The zero-order chi connectivity index (χ0) is 16.0. The summed E-state index contributed by atoms with van der Waals surface area (Å²) in [4.78, 5) is 0.201. The summed E-state index contributed by atoms with van der Waals surface area (Å²) in [5.41, 5.74) is 1.10. The molecule has 1 N–H and O–H groups in total. The quantitative estimate of drug-likeness (QED) is 0.908. The number of fused-ring (bicyclic) bond motifs is 1. The van der Waals surface area contributed by atoms with Gasteiger partial charge in [-0.2, -0.15) is 0 Å². The smallest absolute Gasteiger partial charge is 0.264 e. The van der Waals surface area contributed by atoms with Crippen molar-refractivity contribution in [3.63, 3.8) is 0 Å². The zero-order valence-electron chi connectivity index (χ0n) is 12.4. The summed E-state index contributed by atoms with van der Waals surface area (Å²) in [6, 6.07) is 13.8. The standard InChI is InChI=1S/C16H17ClN2O2S/c1-16(2)11-19(15-9-4-3-8-14(15)18-16)22(20,21)13-7-5-6-12(17)10-13/h3-10,18H,11H2,1-2H3. The highest BCUT2D eigenvalue weighted by atomic mass is 35.5. The molecule has 0 aromatic heterocycles. The van der Waals surface area contributed by atoms with Gasteiger partial charge in [-0.05, 0) is 44.2 Å². The van der Waals surface area contributed by atoms with Crippen molar-refractivity contribution in [2.24, 2.45) is 0 Å². The molecule has 3 rings (SSSR count). The molecular weight excluding hydrogens is 320 g/mol. The van der Waals surface area contributed by atoms with Crippen LogP contribution in [0.4, 0.5) is 11.4 Å². The Balaban J connectivity index is 2.14. The third kappa shape index (κ3) is 2.66. The van der Waals surface area contributed by atoms with Crippen molar-refractivity contribution < 1.29 is 8.42 Å². The Hall–Kier alpha value is -1.72. The first-order valence-electron chi connectivity index (χ1n) is 6.95. The molecule has 0 fully saturated rings. The van der Waals surface area contributed by atoms with Crippen LogP contribution in [0.1, 0.15) is 13.8 Å². The van der Waals surface area contributed by atoms with Gasteiger partial charge < -0.3 is 5.32 Å². The highest BCUT2D eigenvalue weighted by Gasteiger charge is 2.36. The van der Waals surface area contributed by atoms with E-state index in [0.29, 0.717) is 17.3 Å². The molecule has 1 heterocycles. The van der Waals surface area contributed by atoms with Crippen LogP contribution in [0.5, 0.6) is 0 Å². The van der Waals surface area contributed by atoms with Crippen molar-refractivity contribution in [1.29, 1.82) is 0 Å². The van der Waals surface area contributed by atoms with Gasteiger partial charge in [0.25, 0.3) is 10.0 Å². The van der Waals surface area contributed by atoms with Crippen LogP contribution in [0.2, 0.25) is 5.02 Å². The molecular formula is C16H17ClN2O2S. The van der Waals surface area contributed by atoms with E-state index in [0.717, 1.165) is 5.69 Å². The lowest BCUT2D eigenvalue weighted by atomic mass is 10.0. The van der Waals surface area contributed by atoms with Gasteiger partial charge in [0.05, 0.1) is 28.4 Å². The maximum absolute atomic E-state index is 13.0. The fourth-order valence-corrected chi connectivity index (χ4v) is 4.56. The van der Waals surface area contributed by atoms with Crippen LogP contribution in [0, 0.1) is 0 Å². The number of benzene rings is 2. The summed E-state index contributed by atoms with van der Waals surface area (Å²) in [5.74, 6) is 0. The molecule has 0 radical (unpaired) electrons. The van der Waals surface area contributed by atoms with Gasteiger partial charge in [0.15, 0.2) is 0 Å². The first-order chi connectivity index (χ1) is 10.3. The van der Waals surface area contributed by atoms with Gasteiger partial charge in [-0.25, -0.2) is 8.42 Å². The Morgan fingerprint density at radius 1 is 1.14 bits per heavy atom. The van der Waals surface area contributed by atoms with Crippen LogP contribution >= 0.6 is 11.6 Å². The molecule has 2 aromatic rings. The molecule has 0 aliphatic carbocycles. The number of para-hydroxylation sites is 2. The Morgan fingerprint density at radius 2 is 1.86 bits per heavy atom. The SMILES string of the molecule is CC1(C)CN(S(=O)(=O)c2cccc(Cl)c2)c2ccccc2N1. The molecule has 1 aliphatic heterocycles. The fraction of sp³-hybridized carbons (Fsp3) is 0.250. The first kappa shape index (κ1) is 15.2. The summed E-state index contributed by atoms with van der Waals surface area (Å²) < 4.78 is 27.5. The lowest BCUT2D eigenvalue weighted by molar-refractivity contribution is 0.543. The highest BCUT2D eigenvalue weighted by molar-refractivity contribution is 7.92. The number of nitrogens with zero attached hydrogens (tertiary/aromatic N) is 1. The summed E-state index contributed by atoms with van der Waals surface area (Å²) >= 11 is 5.95. The maximum Gasteiger partial charge on any atom is 0.264 e. The second-order valence-corrected chi connectivity index (χ2v) is 8.29.